The maximum absolute atomic E-state index is 14.3. The first-order valence-electron chi connectivity index (χ1n) is 12.5. The first-order valence-corrected chi connectivity index (χ1v) is 14.0. The average molecular weight is 576 g/mol. The third-order valence-electron chi connectivity index (χ3n) is 6.32. The number of phenolic OH excluding ortho intramolecular Hbond substituents is 1. The quantitative estimate of drug-likeness (QED) is 0.0931. The van der Waals surface area contributed by atoms with Gasteiger partial charge in [-0.15, -0.1) is 11.3 Å². The second-order valence-corrected chi connectivity index (χ2v) is 10.5. The number of nitrogens with zero attached hydrogens (tertiary/aromatic N) is 3. The van der Waals surface area contributed by atoms with Crippen LogP contribution in [-0.2, 0) is 17.5 Å². The molecule has 5 rings (SSSR count). The first-order chi connectivity index (χ1) is 19.8. The molecule has 0 bridgehead atoms. The predicted molar refractivity (Wildman–Crippen MR) is 151 cm³/mol. The number of furan rings is 1. The van der Waals surface area contributed by atoms with Gasteiger partial charge in [-0.3, -0.25) is 10.1 Å². The second kappa shape index (κ2) is 11.6. The summed E-state index contributed by atoms with van der Waals surface area (Å²) >= 11 is 0. The van der Waals surface area contributed by atoms with E-state index in [-0.39, 0.29) is 47.6 Å². The highest BCUT2D eigenvalue weighted by Gasteiger charge is 2.36. The summed E-state index contributed by atoms with van der Waals surface area (Å²) in [5.41, 5.74) is 1.43. The number of amidine groups is 1. The highest BCUT2D eigenvalue weighted by atomic mass is 31.2. The van der Waals surface area contributed by atoms with Crippen molar-refractivity contribution in [1.29, 1.82) is 0 Å². The minimum atomic E-state index is -4.27. The Morgan fingerprint density at radius 2 is 1.73 bits per heavy atom. The molecule has 1 aliphatic rings. The summed E-state index contributed by atoms with van der Waals surface area (Å²) in [5, 5.41) is 21.7. The maximum Gasteiger partial charge on any atom is 0.564 e. The molecule has 0 amide bonds. The molecule has 12 heteroatoms. The van der Waals surface area contributed by atoms with Crippen molar-refractivity contribution < 1.29 is 32.8 Å². The van der Waals surface area contributed by atoms with Gasteiger partial charge in [0.25, 0.3) is 0 Å². The highest BCUT2D eigenvalue weighted by Crippen LogP contribution is 2.51. The summed E-state index contributed by atoms with van der Waals surface area (Å²) in [7, 11) is -2.83. The molecule has 210 valence electrons. The van der Waals surface area contributed by atoms with E-state index in [1.165, 1.54) is 19.2 Å². The fraction of sp³-hybridized carbons (Fsp3) is 0.138. The van der Waals surface area contributed by atoms with Crippen molar-refractivity contribution in [3.63, 3.8) is 0 Å². The van der Waals surface area contributed by atoms with E-state index in [9.17, 15) is 19.8 Å². The van der Waals surface area contributed by atoms with E-state index in [4.69, 9.17) is 18.2 Å². The van der Waals surface area contributed by atoms with Crippen molar-refractivity contribution in [3.8, 4) is 23.0 Å². The lowest BCUT2D eigenvalue weighted by Gasteiger charge is -2.38. The van der Waals surface area contributed by atoms with E-state index in [0.29, 0.717) is 5.56 Å². The fourth-order valence-corrected chi connectivity index (χ4v) is 5.87. The van der Waals surface area contributed by atoms with E-state index >= 15 is 0 Å². The van der Waals surface area contributed by atoms with Gasteiger partial charge in [0.2, 0.25) is 0 Å². The smallest absolute Gasteiger partial charge is 0.504 e. The molecular weight excluding hydrogens is 549 g/mol. The Kier molecular flexibility index (Phi) is 7.80. The molecule has 1 N–H and O–H groups in total. The van der Waals surface area contributed by atoms with Gasteiger partial charge in [-0.25, -0.2) is 4.57 Å². The normalized spacial score (nSPS) is 15.7. The number of benzene rings is 3. The number of methoxy groups -OCH3 is 1. The number of rotatable bonds is 10. The largest absolute Gasteiger partial charge is 0.564 e. The van der Waals surface area contributed by atoms with Crippen LogP contribution in [0.1, 0.15) is 22.9 Å². The number of hydrogen-bond donors (Lipinski definition) is 1. The molecule has 0 fully saturated rings. The maximum atomic E-state index is 14.3. The lowest BCUT2D eigenvalue weighted by molar-refractivity contribution is -0.402. The number of ether oxygens (including phenoxy) is 1. The van der Waals surface area contributed by atoms with Gasteiger partial charge in [-0.05, 0) is 53.6 Å². The summed E-state index contributed by atoms with van der Waals surface area (Å²) in [6, 6.07) is 22.4. The summed E-state index contributed by atoms with van der Waals surface area (Å²) < 4.78 is 41.4. The van der Waals surface area contributed by atoms with Crippen LogP contribution in [0, 0.1) is 10.1 Å². The molecule has 4 aromatic rings. The Morgan fingerprint density at radius 1 is 1.10 bits per heavy atom. The van der Waals surface area contributed by atoms with E-state index in [1.807, 2.05) is 0 Å². The topological polar surface area (TPSA) is 137 Å². The molecule has 41 heavy (non-hydrogen) atoms. The molecular formula is C29H26N3O8P. The van der Waals surface area contributed by atoms with Crippen molar-refractivity contribution in [1.82, 2.24) is 4.90 Å². The number of hydrogen-bond acceptors (Lipinski definition) is 8. The number of nitro groups is 1. The SMILES string of the molecule is C=CC1c2cc(OC)c(O)cc2C/C(=N/P(=O)(Oc2ccccc2)Oc2ccccc2)N1Cc1ccc([N+](=O)[O-])o1. The van der Waals surface area contributed by atoms with Gasteiger partial charge in [0.1, 0.15) is 28.0 Å². The Morgan fingerprint density at radius 3 is 2.27 bits per heavy atom. The van der Waals surface area contributed by atoms with Gasteiger partial charge < -0.3 is 28.2 Å². The van der Waals surface area contributed by atoms with Crippen LogP contribution in [0.2, 0.25) is 0 Å². The molecule has 3 aromatic carbocycles. The first kappa shape index (κ1) is 27.5. The van der Waals surface area contributed by atoms with Gasteiger partial charge in [-0.2, -0.15) is 0 Å². The molecule has 1 aliphatic heterocycles. The van der Waals surface area contributed by atoms with Crippen molar-refractivity contribution in [2.45, 2.75) is 19.0 Å². The lowest BCUT2D eigenvalue weighted by Crippen LogP contribution is -2.39. The van der Waals surface area contributed by atoms with Gasteiger partial charge in [-0.1, -0.05) is 42.5 Å². The standard InChI is InChI=1S/C29H26N3O8P/c1-3-25-24-18-27(37-2)26(33)16-20(24)17-28(31(25)19-23-14-15-29(38-23)32(34)35)30-41(36,39-21-10-6-4-7-11-21)40-22-12-8-5-9-13-22/h3-16,18,25,33H,1,17,19H2,2H3/b30-28-. The Labute approximate surface area is 235 Å². The van der Waals surface area contributed by atoms with Crippen LogP contribution in [0.25, 0.3) is 0 Å². The molecule has 2 heterocycles. The van der Waals surface area contributed by atoms with Crippen LogP contribution in [0.5, 0.6) is 23.0 Å². The second-order valence-electron chi connectivity index (χ2n) is 9.00. The molecule has 1 aromatic heterocycles. The molecule has 0 saturated heterocycles. The number of aromatic hydroxyl groups is 1. The van der Waals surface area contributed by atoms with Crippen LogP contribution in [-0.4, -0.2) is 27.9 Å². The Bertz CT molecular complexity index is 1590. The molecule has 11 nitrogen and oxygen atoms in total. The number of para-hydroxylation sites is 2. The molecule has 0 aliphatic carbocycles. The van der Waals surface area contributed by atoms with Crippen LogP contribution >= 0.6 is 7.75 Å². The zero-order valence-electron chi connectivity index (χ0n) is 22.0. The van der Waals surface area contributed by atoms with E-state index < -0.39 is 24.6 Å². The lowest BCUT2D eigenvalue weighted by atomic mass is 9.91. The van der Waals surface area contributed by atoms with Gasteiger partial charge in [0, 0.05) is 6.42 Å². The van der Waals surface area contributed by atoms with Crippen molar-refractivity contribution in [3.05, 3.63) is 125 Å². The number of fused-ring (bicyclic) bond motifs is 1. The van der Waals surface area contributed by atoms with Crippen LogP contribution in [0.4, 0.5) is 5.88 Å². The molecule has 0 saturated carbocycles. The third kappa shape index (κ3) is 6.10. The fourth-order valence-electron chi connectivity index (χ4n) is 4.50. The van der Waals surface area contributed by atoms with E-state index in [0.717, 1.165) is 5.56 Å². The molecule has 0 radical (unpaired) electrons. The van der Waals surface area contributed by atoms with Crippen LogP contribution < -0.4 is 13.8 Å². The van der Waals surface area contributed by atoms with Crippen LogP contribution in [0.15, 0.2) is 107 Å². The Balaban J connectivity index is 1.63. The molecule has 0 spiro atoms. The zero-order chi connectivity index (χ0) is 29.0. The Hall–Kier alpha value is -5.02. The van der Waals surface area contributed by atoms with E-state index in [1.54, 1.807) is 83.8 Å². The zero-order valence-corrected chi connectivity index (χ0v) is 22.8. The summed E-state index contributed by atoms with van der Waals surface area (Å²) in [4.78, 5) is 12.4. The van der Waals surface area contributed by atoms with Gasteiger partial charge in [0.15, 0.2) is 11.5 Å². The third-order valence-corrected chi connectivity index (χ3v) is 7.68. The molecule has 1 atom stereocenters. The highest BCUT2D eigenvalue weighted by molar-refractivity contribution is 7.53. The van der Waals surface area contributed by atoms with Crippen molar-refractivity contribution >= 4 is 19.5 Å². The monoisotopic (exact) mass is 575 g/mol. The van der Waals surface area contributed by atoms with Gasteiger partial charge >= 0.3 is 13.6 Å². The van der Waals surface area contributed by atoms with Crippen molar-refractivity contribution in [2.75, 3.05) is 7.11 Å². The van der Waals surface area contributed by atoms with E-state index in [2.05, 4.69) is 11.3 Å². The van der Waals surface area contributed by atoms with Gasteiger partial charge in [0.05, 0.1) is 25.8 Å². The summed E-state index contributed by atoms with van der Waals surface area (Å²) in [5.74, 6) is 0.867. The predicted octanol–water partition coefficient (Wildman–Crippen LogP) is 6.85. The van der Waals surface area contributed by atoms with Crippen molar-refractivity contribution in [2.24, 2.45) is 4.76 Å². The average Bonchev–Trinajstić information content (AvgIpc) is 3.43. The summed E-state index contributed by atoms with van der Waals surface area (Å²) in [6.07, 6.45) is 1.75. The summed E-state index contributed by atoms with van der Waals surface area (Å²) in [6.45, 7) is 4.00. The minimum Gasteiger partial charge on any atom is -0.504 e. The number of phenols is 1. The minimum absolute atomic E-state index is 0.0165. The molecule has 1 unspecified atom stereocenters. The van der Waals surface area contributed by atoms with Crippen LogP contribution in [0.3, 0.4) is 0 Å².